The number of ether oxygens (including phenoxy) is 1. The van der Waals surface area contributed by atoms with Gasteiger partial charge in [-0.15, -0.1) is 0 Å². The average Bonchev–Trinajstić information content (AvgIpc) is 2.88. The van der Waals surface area contributed by atoms with Gasteiger partial charge in [-0.1, -0.05) is 15.9 Å². The van der Waals surface area contributed by atoms with Crippen LogP contribution in [0, 0.1) is 0 Å². The van der Waals surface area contributed by atoms with E-state index >= 15 is 0 Å². The molecule has 2 aliphatic rings. The number of carbonyl (C=O) groups excluding carboxylic acids is 1. The molecule has 1 atom stereocenters. The van der Waals surface area contributed by atoms with Crippen LogP contribution in [0.25, 0.3) is 0 Å². The molecule has 0 radical (unpaired) electrons. The lowest BCUT2D eigenvalue weighted by molar-refractivity contribution is -0.119. The highest BCUT2D eigenvalue weighted by Gasteiger charge is 2.24. The number of fused-ring (bicyclic) bond motifs is 1. The molecule has 0 spiro atoms. The monoisotopic (exact) mass is 341 g/mol. The Kier molecular flexibility index (Phi) is 4.15. The van der Waals surface area contributed by atoms with Gasteiger partial charge in [0.1, 0.15) is 5.75 Å². The van der Waals surface area contributed by atoms with Crippen LogP contribution >= 0.6 is 27.7 Å². The predicted molar refractivity (Wildman–Crippen MR) is 81.2 cm³/mol. The van der Waals surface area contributed by atoms with Crippen LogP contribution in [-0.2, 0) is 17.6 Å². The van der Waals surface area contributed by atoms with Crippen LogP contribution < -0.4 is 10.1 Å². The molecule has 0 saturated carbocycles. The minimum atomic E-state index is -0.00483. The highest BCUT2D eigenvalue weighted by atomic mass is 79.9. The molecule has 1 aromatic carbocycles. The van der Waals surface area contributed by atoms with Crippen molar-refractivity contribution >= 4 is 33.5 Å². The van der Waals surface area contributed by atoms with Crippen molar-refractivity contribution in [3.05, 3.63) is 27.7 Å². The summed E-state index contributed by atoms with van der Waals surface area (Å²) in [4.78, 5) is 12.3. The maximum Gasteiger partial charge on any atom is 0.155 e. The molecule has 0 aliphatic carbocycles. The van der Waals surface area contributed by atoms with Gasteiger partial charge >= 0.3 is 0 Å². The summed E-state index contributed by atoms with van der Waals surface area (Å²) in [5.41, 5.74) is 2.23. The molecular formula is C14H16BrNO2S. The molecule has 0 bridgehead atoms. The topological polar surface area (TPSA) is 38.3 Å². The molecule has 102 valence electrons. The summed E-state index contributed by atoms with van der Waals surface area (Å²) in [5.74, 6) is 3.18. The van der Waals surface area contributed by atoms with Gasteiger partial charge < -0.3 is 10.1 Å². The second-order valence-corrected chi connectivity index (χ2v) is 6.94. The molecule has 0 amide bonds. The first-order chi connectivity index (χ1) is 9.24. The Balaban J connectivity index is 1.77. The third-order valence-electron chi connectivity index (χ3n) is 3.50. The van der Waals surface area contributed by atoms with Crippen LogP contribution in [-0.4, -0.2) is 36.5 Å². The van der Waals surface area contributed by atoms with Crippen molar-refractivity contribution in [3.8, 4) is 5.75 Å². The highest BCUT2D eigenvalue weighted by Crippen LogP contribution is 2.33. The molecule has 1 N–H and O–H groups in total. The van der Waals surface area contributed by atoms with E-state index in [-0.39, 0.29) is 11.8 Å². The number of hydrogen-bond acceptors (Lipinski definition) is 4. The Labute approximate surface area is 125 Å². The fourth-order valence-electron chi connectivity index (χ4n) is 2.56. The molecule has 1 aromatic rings. The molecule has 1 unspecified atom stereocenters. The molecule has 0 aromatic heterocycles. The van der Waals surface area contributed by atoms with Crippen molar-refractivity contribution in [3.63, 3.8) is 0 Å². The Hall–Kier alpha value is -0.520. The fourth-order valence-corrected chi connectivity index (χ4v) is 4.08. The number of ketones is 1. The summed E-state index contributed by atoms with van der Waals surface area (Å²) in [5, 5.41) is 3.30. The summed E-state index contributed by atoms with van der Waals surface area (Å²) in [6.07, 6.45) is 1.40. The molecule has 2 aliphatic heterocycles. The lowest BCUT2D eigenvalue weighted by atomic mass is 10.0. The van der Waals surface area contributed by atoms with Crippen LogP contribution in [0.5, 0.6) is 5.75 Å². The van der Waals surface area contributed by atoms with Gasteiger partial charge in [0.15, 0.2) is 5.78 Å². The zero-order valence-corrected chi connectivity index (χ0v) is 13.0. The molecule has 3 rings (SSSR count). The van der Waals surface area contributed by atoms with E-state index in [4.69, 9.17) is 4.74 Å². The van der Waals surface area contributed by atoms with E-state index in [1.807, 2.05) is 17.8 Å². The van der Waals surface area contributed by atoms with Crippen molar-refractivity contribution in [2.24, 2.45) is 0 Å². The number of halogens is 1. The molecule has 2 heterocycles. The summed E-state index contributed by atoms with van der Waals surface area (Å²) in [6.45, 7) is 1.65. The third kappa shape index (κ3) is 2.98. The SMILES string of the molecule is O=C(Cc1cc(Br)cc2c1OCC2)C1CSCCN1. The van der Waals surface area contributed by atoms with Crippen LogP contribution in [0.4, 0.5) is 0 Å². The summed E-state index contributed by atoms with van der Waals surface area (Å²) in [7, 11) is 0. The number of rotatable bonds is 3. The zero-order valence-electron chi connectivity index (χ0n) is 10.6. The lowest BCUT2D eigenvalue weighted by Crippen LogP contribution is -2.44. The second kappa shape index (κ2) is 5.85. The van der Waals surface area contributed by atoms with Gasteiger partial charge in [-0.25, -0.2) is 0 Å². The van der Waals surface area contributed by atoms with Crippen LogP contribution in [0.2, 0.25) is 0 Å². The average molecular weight is 342 g/mol. The standard InChI is InChI=1S/C14H16BrNO2S/c15-11-5-9-1-3-18-14(9)10(6-11)7-13(17)12-8-19-4-2-16-12/h5-6,12,16H,1-4,7-8H2. The normalized spacial score (nSPS) is 21.8. The molecule has 5 heteroatoms. The van der Waals surface area contributed by atoms with E-state index in [9.17, 15) is 4.79 Å². The number of nitrogens with one attached hydrogen (secondary N) is 1. The fraction of sp³-hybridized carbons (Fsp3) is 0.500. The van der Waals surface area contributed by atoms with Crippen LogP contribution in [0.3, 0.4) is 0 Å². The number of thioether (sulfide) groups is 1. The van der Waals surface area contributed by atoms with Gasteiger partial charge in [0.2, 0.25) is 0 Å². The number of Topliss-reactive ketones (excluding diaryl/α,β-unsaturated/α-hetero) is 1. The Bertz CT molecular complexity index is 500. The number of hydrogen-bond donors (Lipinski definition) is 1. The highest BCUT2D eigenvalue weighted by molar-refractivity contribution is 9.10. The molecule has 19 heavy (non-hydrogen) atoms. The maximum absolute atomic E-state index is 12.3. The van der Waals surface area contributed by atoms with Crippen LogP contribution in [0.1, 0.15) is 11.1 Å². The molecular weight excluding hydrogens is 326 g/mol. The van der Waals surface area contributed by atoms with Gasteiger partial charge in [0, 0.05) is 40.9 Å². The largest absolute Gasteiger partial charge is 0.493 e. The van der Waals surface area contributed by atoms with Crippen molar-refractivity contribution in [1.82, 2.24) is 5.32 Å². The van der Waals surface area contributed by atoms with E-state index in [1.54, 1.807) is 0 Å². The van der Waals surface area contributed by atoms with E-state index in [2.05, 4.69) is 27.3 Å². The Morgan fingerprint density at radius 1 is 1.53 bits per heavy atom. The third-order valence-corrected chi connectivity index (χ3v) is 5.02. The maximum atomic E-state index is 12.3. The first-order valence-corrected chi connectivity index (χ1v) is 8.47. The quantitative estimate of drug-likeness (QED) is 0.914. The smallest absolute Gasteiger partial charge is 0.155 e. The summed E-state index contributed by atoms with van der Waals surface area (Å²) < 4.78 is 6.71. The summed E-state index contributed by atoms with van der Waals surface area (Å²) >= 11 is 5.36. The molecule has 1 saturated heterocycles. The molecule has 3 nitrogen and oxygen atoms in total. The summed E-state index contributed by atoms with van der Waals surface area (Å²) in [6, 6.07) is 4.10. The first kappa shape index (κ1) is 13.5. The van der Waals surface area contributed by atoms with Crippen molar-refractivity contribution < 1.29 is 9.53 Å². The van der Waals surface area contributed by atoms with Crippen molar-refractivity contribution in [1.29, 1.82) is 0 Å². The van der Waals surface area contributed by atoms with Gasteiger partial charge in [-0.2, -0.15) is 11.8 Å². The second-order valence-electron chi connectivity index (χ2n) is 4.88. The Morgan fingerprint density at radius 3 is 3.21 bits per heavy atom. The molecule has 1 fully saturated rings. The van der Waals surface area contributed by atoms with Gasteiger partial charge in [-0.3, -0.25) is 4.79 Å². The van der Waals surface area contributed by atoms with Crippen molar-refractivity contribution in [2.75, 3.05) is 24.7 Å². The zero-order chi connectivity index (χ0) is 13.2. The minimum absolute atomic E-state index is 0.00483. The predicted octanol–water partition coefficient (Wildman–Crippen LogP) is 2.20. The van der Waals surface area contributed by atoms with E-state index in [1.165, 1.54) is 5.56 Å². The number of benzene rings is 1. The van der Waals surface area contributed by atoms with Crippen molar-refractivity contribution in [2.45, 2.75) is 18.9 Å². The minimum Gasteiger partial charge on any atom is -0.493 e. The first-order valence-electron chi connectivity index (χ1n) is 6.52. The van der Waals surface area contributed by atoms with Crippen LogP contribution in [0.15, 0.2) is 16.6 Å². The number of carbonyl (C=O) groups is 1. The van der Waals surface area contributed by atoms with E-state index < -0.39 is 0 Å². The van der Waals surface area contributed by atoms with Gasteiger partial charge in [0.25, 0.3) is 0 Å². The van der Waals surface area contributed by atoms with E-state index in [0.29, 0.717) is 6.42 Å². The van der Waals surface area contributed by atoms with E-state index in [0.717, 1.165) is 46.9 Å². The Morgan fingerprint density at radius 2 is 2.42 bits per heavy atom. The van der Waals surface area contributed by atoms with Gasteiger partial charge in [0.05, 0.1) is 12.6 Å². The lowest BCUT2D eigenvalue weighted by Gasteiger charge is -2.22. The van der Waals surface area contributed by atoms with Gasteiger partial charge in [-0.05, 0) is 17.7 Å².